The molecule has 2 aromatic rings. The average Bonchev–Trinajstić information content (AvgIpc) is 2.75. The van der Waals surface area contributed by atoms with Crippen molar-refractivity contribution in [3.05, 3.63) is 23.7 Å². The second-order valence-corrected chi connectivity index (χ2v) is 6.15. The highest BCUT2D eigenvalue weighted by Crippen LogP contribution is 2.29. The van der Waals surface area contributed by atoms with Crippen molar-refractivity contribution in [3.63, 3.8) is 0 Å². The lowest BCUT2D eigenvalue weighted by Crippen LogP contribution is -2.57. The molecule has 3 nitrogen and oxygen atoms in total. The smallest absolute Gasteiger partial charge is 0.137 e. The van der Waals surface area contributed by atoms with Crippen LogP contribution in [0.15, 0.2) is 23.7 Å². The van der Waals surface area contributed by atoms with Crippen LogP contribution in [-0.2, 0) is 0 Å². The molecule has 0 saturated carbocycles. The lowest BCUT2D eigenvalue weighted by molar-refractivity contribution is 0.352. The Balaban J connectivity index is 2.00. The van der Waals surface area contributed by atoms with Crippen molar-refractivity contribution in [3.8, 4) is 0 Å². The molecule has 90 valence electrons. The fourth-order valence-corrected chi connectivity index (χ4v) is 3.23. The van der Waals surface area contributed by atoms with Crippen LogP contribution < -0.4 is 10.2 Å². The highest BCUT2D eigenvalue weighted by Gasteiger charge is 2.27. The van der Waals surface area contributed by atoms with Crippen LogP contribution in [0.5, 0.6) is 0 Å². The summed E-state index contributed by atoms with van der Waals surface area (Å²) in [6.07, 6.45) is 1.92. The van der Waals surface area contributed by atoms with Crippen LogP contribution in [0.4, 0.5) is 5.82 Å². The number of fused-ring (bicyclic) bond motifs is 1. The van der Waals surface area contributed by atoms with Gasteiger partial charge in [0.2, 0.25) is 0 Å². The summed E-state index contributed by atoms with van der Waals surface area (Å²) in [6, 6.07) is 4.27. The molecule has 0 spiro atoms. The maximum Gasteiger partial charge on any atom is 0.137 e. The SMILES string of the molecule is CC1(C)CN(c2nccc3sccc23)CCN1. The molecule has 1 fully saturated rings. The molecule has 3 heterocycles. The lowest BCUT2D eigenvalue weighted by Gasteiger charge is -2.40. The Bertz CT molecular complexity index is 532. The molecule has 0 amide bonds. The van der Waals surface area contributed by atoms with E-state index >= 15 is 0 Å². The van der Waals surface area contributed by atoms with E-state index in [0.29, 0.717) is 0 Å². The Morgan fingerprint density at radius 1 is 1.41 bits per heavy atom. The van der Waals surface area contributed by atoms with Crippen LogP contribution in [0, 0.1) is 0 Å². The summed E-state index contributed by atoms with van der Waals surface area (Å²) in [5.41, 5.74) is 0.165. The van der Waals surface area contributed by atoms with Crippen molar-refractivity contribution < 1.29 is 0 Å². The largest absolute Gasteiger partial charge is 0.353 e. The van der Waals surface area contributed by atoms with Gasteiger partial charge in [0.05, 0.1) is 0 Å². The highest BCUT2D eigenvalue weighted by atomic mass is 32.1. The number of anilines is 1. The monoisotopic (exact) mass is 247 g/mol. The predicted molar refractivity (Wildman–Crippen MR) is 73.9 cm³/mol. The number of nitrogens with zero attached hydrogens (tertiary/aromatic N) is 2. The van der Waals surface area contributed by atoms with Crippen LogP contribution in [-0.4, -0.2) is 30.2 Å². The first-order chi connectivity index (χ1) is 8.16. The van der Waals surface area contributed by atoms with Gasteiger partial charge in [0, 0.05) is 41.5 Å². The summed E-state index contributed by atoms with van der Waals surface area (Å²) >= 11 is 1.78. The summed E-state index contributed by atoms with van der Waals surface area (Å²) in [6.45, 7) is 7.55. The van der Waals surface area contributed by atoms with E-state index in [9.17, 15) is 0 Å². The minimum Gasteiger partial charge on any atom is -0.353 e. The third-order valence-corrected chi connectivity index (χ3v) is 4.11. The zero-order chi connectivity index (χ0) is 11.9. The summed E-state index contributed by atoms with van der Waals surface area (Å²) < 4.78 is 1.33. The molecule has 0 bridgehead atoms. The molecule has 1 saturated heterocycles. The molecule has 17 heavy (non-hydrogen) atoms. The fourth-order valence-electron chi connectivity index (χ4n) is 2.45. The molecule has 3 rings (SSSR count). The second kappa shape index (κ2) is 3.96. The number of nitrogens with one attached hydrogen (secondary N) is 1. The summed E-state index contributed by atoms with van der Waals surface area (Å²) in [5, 5.41) is 6.96. The molecule has 0 atom stereocenters. The van der Waals surface area contributed by atoms with Crippen molar-refractivity contribution in [2.75, 3.05) is 24.5 Å². The first kappa shape index (κ1) is 11.0. The number of hydrogen-bond donors (Lipinski definition) is 1. The Kier molecular flexibility index (Phi) is 2.56. The Morgan fingerprint density at radius 3 is 3.12 bits per heavy atom. The van der Waals surface area contributed by atoms with E-state index in [0.717, 1.165) is 25.5 Å². The highest BCUT2D eigenvalue weighted by molar-refractivity contribution is 7.17. The Labute approximate surface area is 105 Å². The molecule has 1 aliphatic heterocycles. The topological polar surface area (TPSA) is 28.2 Å². The van der Waals surface area contributed by atoms with Gasteiger partial charge in [0.1, 0.15) is 5.82 Å². The minimum absolute atomic E-state index is 0.165. The molecule has 2 aromatic heterocycles. The zero-order valence-electron chi connectivity index (χ0n) is 10.2. The van der Waals surface area contributed by atoms with Crippen molar-refractivity contribution in [1.29, 1.82) is 0 Å². The van der Waals surface area contributed by atoms with Crippen molar-refractivity contribution in [1.82, 2.24) is 10.3 Å². The van der Waals surface area contributed by atoms with E-state index in [2.05, 4.69) is 46.6 Å². The normalized spacial score (nSPS) is 19.8. The van der Waals surface area contributed by atoms with Crippen LogP contribution in [0.1, 0.15) is 13.8 Å². The van der Waals surface area contributed by atoms with E-state index in [-0.39, 0.29) is 5.54 Å². The van der Waals surface area contributed by atoms with Gasteiger partial charge in [-0.15, -0.1) is 11.3 Å². The standard InChI is InChI=1S/C13H17N3S/c1-13(2)9-16(7-6-15-13)12-10-4-8-17-11(10)3-5-14-12/h3-5,8,15H,6-7,9H2,1-2H3. The van der Waals surface area contributed by atoms with E-state index in [1.54, 1.807) is 11.3 Å². The summed E-state index contributed by atoms with van der Waals surface area (Å²) in [7, 11) is 0. The van der Waals surface area contributed by atoms with E-state index in [4.69, 9.17) is 0 Å². The number of thiophene rings is 1. The molecule has 1 N–H and O–H groups in total. The van der Waals surface area contributed by atoms with Crippen molar-refractivity contribution in [2.45, 2.75) is 19.4 Å². The van der Waals surface area contributed by atoms with Gasteiger partial charge in [0.25, 0.3) is 0 Å². The van der Waals surface area contributed by atoms with Crippen LogP contribution >= 0.6 is 11.3 Å². The number of pyridine rings is 1. The van der Waals surface area contributed by atoms with Crippen LogP contribution in [0.3, 0.4) is 0 Å². The second-order valence-electron chi connectivity index (χ2n) is 5.20. The van der Waals surface area contributed by atoms with Crippen molar-refractivity contribution in [2.24, 2.45) is 0 Å². The first-order valence-electron chi connectivity index (χ1n) is 5.98. The van der Waals surface area contributed by atoms with Gasteiger partial charge in [-0.1, -0.05) is 0 Å². The molecule has 1 aliphatic rings. The third-order valence-electron chi connectivity index (χ3n) is 3.23. The van der Waals surface area contributed by atoms with Gasteiger partial charge in [-0.3, -0.25) is 0 Å². The molecule has 0 aromatic carbocycles. The van der Waals surface area contributed by atoms with Crippen LogP contribution in [0.25, 0.3) is 10.1 Å². The van der Waals surface area contributed by atoms with E-state index in [1.807, 2.05) is 6.20 Å². The maximum absolute atomic E-state index is 4.57. The predicted octanol–water partition coefficient (Wildman–Crippen LogP) is 2.48. The van der Waals surface area contributed by atoms with Gasteiger partial charge in [-0.2, -0.15) is 0 Å². The van der Waals surface area contributed by atoms with Crippen LogP contribution in [0.2, 0.25) is 0 Å². The van der Waals surface area contributed by atoms with Gasteiger partial charge in [-0.05, 0) is 31.4 Å². The van der Waals surface area contributed by atoms with E-state index < -0.39 is 0 Å². The lowest BCUT2D eigenvalue weighted by atomic mass is 10.0. The maximum atomic E-state index is 4.57. The number of piperazine rings is 1. The van der Waals surface area contributed by atoms with Gasteiger partial charge in [-0.25, -0.2) is 4.98 Å². The summed E-state index contributed by atoms with van der Waals surface area (Å²) in [5.74, 6) is 1.14. The molecule has 4 heteroatoms. The fraction of sp³-hybridized carbons (Fsp3) is 0.462. The first-order valence-corrected chi connectivity index (χ1v) is 6.86. The summed E-state index contributed by atoms with van der Waals surface area (Å²) in [4.78, 5) is 6.97. The molecular weight excluding hydrogens is 230 g/mol. The van der Waals surface area contributed by atoms with Crippen molar-refractivity contribution >= 4 is 27.2 Å². The molecular formula is C13H17N3S. The van der Waals surface area contributed by atoms with Gasteiger partial charge in [0.15, 0.2) is 0 Å². The molecule has 0 radical (unpaired) electrons. The number of hydrogen-bond acceptors (Lipinski definition) is 4. The third kappa shape index (κ3) is 2.03. The van der Waals surface area contributed by atoms with E-state index in [1.165, 1.54) is 10.1 Å². The quantitative estimate of drug-likeness (QED) is 0.839. The zero-order valence-corrected chi connectivity index (χ0v) is 11.0. The molecule has 0 unspecified atom stereocenters. The number of rotatable bonds is 1. The number of aromatic nitrogens is 1. The Morgan fingerprint density at radius 2 is 2.29 bits per heavy atom. The minimum atomic E-state index is 0.165. The average molecular weight is 247 g/mol. The Hall–Kier alpha value is -1.13. The van der Waals surface area contributed by atoms with Gasteiger partial charge < -0.3 is 10.2 Å². The van der Waals surface area contributed by atoms with Gasteiger partial charge >= 0.3 is 0 Å². The molecule has 0 aliphatic carbocycles.